The summed E-state index contributed by atoms with van der Waals surface area (Å²) in [7, 11) is 3.78. The molecule has 112 valence electrons. The Hall–Kier alpha value is -1.73. The Morgan fingerprint density at radius 2 is 2.29 bits per heavy atom. The van der Waals surface area contributed by atoms with Crippen LogP contribution in [0.1, 0.15) is 5.82 Å². The molecule has 0 spiro atoms. The summed E-state index contributed by atoms with van der Waals surface area (Å²) < 4.78 is 9.43. The van der Waals surface area contributed by atoms with E-state index in [-0.39, 0.29) is 0 Å². The molecule has 0 aliphatic carbocycles. The van der Waals surface area contributed by atoms with Crippen LogP contribution in [-0.4, -0.2) is 54.2 Å². The lowest BCUT2D eigenvalue weighted by Gasteiger charge is -2.44. The van der Waals surface area contributed by atoms with Crippen LogP contribution >= 0.6 is 11.5 Å². The van der Waals surface area contributed by atoms with Crippen LogP contribution in [0.5, 0.6) is 0 Å². The smallest absolute Gasteiger partial charge is 0.205 e. The monoisotopic (exact) mass is 305 g/mol. The Kier molecular flexibility index (Phi) is 4.31. The van der Waals surface area contributed by atoms with E-state index in [9.17, 15) is 0 Å². The molecule has 7 heteroatoms. The summed E-state index contributed by atoms with van der Waals surface area (Å²) in [5.41, 5.74) is 0. The molecule has 0 radical (unpaired) electrons. The summed E-state index contributed by atoms with van der Waals surface area (Å²) in [6, 6.07) is 6.47. The van der Waals surface area contributed by atoms with Crippen LogP contribution in [0.4, 0.5) is 10.9 Å². The number of nitrogens with zero attached hydrogens (tertiary/aromatic N) is 5. The summed E-state index contributed by atoms with van der Waals surface area (Å²) in [4.78, 5) is 13.4. The highest BCUT2D eigenvalue weighted by atomic mass is 32.1. The molecule has 6 nitrogen and oxygen atoms in total. The van der Waals surface area contributed by atoms with Crippen molar-refractivity contribution >= 4 is 22.5 Å². The van der Waals surface area contributed by atoms with Gasteiger partial charge >= 0.3 is 0 Å². The molecule has 3 heterocycles. The molecule has 0 unspecified atom stereocenters. The van der Waals surface area contributed by atoms with E-state index in [0.717, 1.165) is 36.3 Å². The molecular weight excluding hydrogens is 286 g/mol. The maximum atomic E-state index is 5.06. The van der Waals surface area contributed by atoms with Crippen LogP contribution in [0.15, 0.2) is 24.4 Å². The van der Waals surface area contributed by atoms with Crippen LogP contribution in [0.2, 0.25) is 0 Å². The fourth-order valence-corrected chi connectivity index (χ4v) is 3.01. The molecule has 2 aromatic rings. The van der Waals surface area contributed by atoms with E-state index in [2.05, 4.69) is 31.2 Å². The number of methoxy groups -OCH3 is 1. The van der Waals surface area contributed by atoms with Crippen molar-refractivity contribution in [1.29, 1.82) is 0 Å². The Labute approximate surface area is 128 Å². The number of likely N-dealkylation sites (N-methyl/N-ethyl adjacent to an activating group) is 1. The van der Waals surface area contributed by atoms with E-state index in [1.54, 1.807) is 7.11 Å². The fourth-order valence-electron chi connectivity index (χ4n) is 2.27. The normalized spacial score (nSPS) is 15.0. The lowest BCUT2D eigenvalue weighted by molar-refractivity contribution is 0.201. The molecule has 0 N–H and O–H groups in total. The number of anilines is 2. The average Bonchev–Trinajstić information content (AvgIpc) is 2.93. The maximum Gasteiger partial charge on any atom is 0.205 e. The molecule has 0 amide bonds. The van der Waals surface area contributed by atoms with Gasteiger partial charge in [0.05, 0.1) is 12.6 Å². The van der Waals surface area contributed by atoms with Crippen molar-refractivity contribution < 1.29 is 4.74 Å². The third-order valence-electron chi connectivity index (χ3n) is 3.67. The third-order valence-corrected chi connectivity index (χ3v) is 4.52. The summed E-state index contributed by atoms with van der Waals surface area (Å²) in [5, 5.41) is 0.978. The first-order valence-electron chi connectivity index (χ1n) is 6.98. The predicted molar refractivity (Wildman–Crippen MR) is 84.1 cm³/mol. The molecule has 3 rings (SSSR count). The maximum absolute atomic E-state index is 5.06. The highest BCUT2D eigenvalue weighted by Crippen LogP contribution is 2.25. The van der Waals surface area contributed by atoms with E-state index in [1.807, 2.05) is 24.4 Å². The molecule has 0 bridgehead atoms. The van der Waals surface area contributed by atoms with E-state index in [4.69, 9.17) is 4.74 Å². The minimum Gasteiger partial charge on any atom is -0.384 e. The molecule has 1 aliphatic heterocycles. The fraction of sp³-hybridized carbons (Fsp3) is 0.500. The molecule has 0 aromatic carbocycles. The Bertz CT molecular complexity index is 570. The van der Waals surface area contributed by atoms with Gasteiger partial charge in [0.15, 0.2) is 0 Å². The zero-order chi connectivity index (χ0) is 14.7. The second-order valence-electron chi connectivity index (χ2n) is 5.09. The highest BCUT2D eigenvalue weighted by molar-refractivity contribution is 7.09. The van der Waals surface area contributed by atoms with Crippen LogP contribution < -0.4 is 9.80 Å². The first kappa shape index (κ1) is 14.2. The Balaban J connectivity index is 1.55. The summed E-state index contributed by atoms with van der Waals surface area (Å²) in [5.74, 6) is 1.91. The second kappa shape index (κ2) is 6.36. The van der Waals surface area contributed by atoms with Gasteiger partial charge in [-0.05, 0) is 12.1 Å². The molecule has 0 saturated carbocycles. The van der Waals surface area contributed by atoms with Gasteiger partial charge in [0.25, 0.3) is 0 Å². The minimum atomic E-state index is 0.468. The first-order valence-corrected chi connectivity index (χ1v) is 7.75. The van der Waals surface area contributed by atoms with Crippen LogP contribution in [0.25, 0.3) is 0 Å². The van der Waals surface area contributed by atoms with Gasteiger partial charge in [-0.1, -0.05) is 6.07 Å². The van der Waals surface area contributed by atoms with E-state index >= 15 is 0 Å². The number of rotatable bonds is 6. The SMILES string of the molecule is COCCc1nsc(N(C)C2CN(c3ccccn3)C2)n1. The molecule has 2 aromatic heterocycles. The highest BCUT2D eigenvalue weighted by Gasteiger charge is 2.32. The van der Waals surface area contributed by atoms with Crippen LogP contribution in [-0.2, 0) is 11.2 Å². The van der Waals surface area contributed by atoms with Crippen molar-refractivity contribution in [2.45, 2.75) is 12.5 Å². The topological polar surface area (TPSA) is 54.4 Å². The number of aromatic nitrogens is 3. The van der Waals surface area contributed by atoms with E-state index in [0.29, 0.717) is 12.6 Å². The Morgan fingerprint density at radius 3 is 3.00 bits per heavy atom. The quantitative estimate of drug-likeness (QED) is 0.805. The Morgan fingerprint density at radius 1 is 1.43 bits per heavy atom. The second-order valence-corrected chi connectivity index (χ2v) is 5.82. The lowest BCUT2D eigenvalue weighted by Crippen LogP contribution is -2.59. The van der Waals surface area contributed by atoms with Crippen molar-refractivity contribution in [2.24, 2.45) is 0 Å². The summed E-state index contributed by atoms with van der Waals surface area (Å²) in [6.45, 7) is 2.61. The van der Waals surface area contributed by atoms with Crippen molar-refractivity contribution in [3.63, 3.8) is 0 Å². The first-order chi connectivity index (χ1) is 10.3. The van der Waals surface area contributed by atoms with Gasteiger partial charge in [0.2, 0.25) is 5.13 Å². The molecular formula is C14H19N5OS. The van der Waals surface area contributed by atoms with Crippen molar-refractivity contribution in [2.75, 3.05) is 43.7 Å². The molecule has 21 heavy (non-hydrogen) atoms. The van der Waals surface area contributed by atoms with Gasteiger partial charge in [0, 0.05) is 51.4 Å². The largest absolute Gasteiger partial charge is 0.384 e. The number of hydrogen-bond donors (Lipinski definition) is 0. The third kappa shape index (κ3) is 3.14. The van der Waals surface area contributed by atoms with Gasteiger partial charge in [-0.3, -0.25) is 0 Å². The van der Waals surface area contributed by atoms with E-state index < -0.39 is 0 Å². The van der Waals surface area contributed by atoms with Crippen molar-refractivity contribution in [3.05, 3.63) is 30.2 Å². The molecule has 1 saturated heterocycles. The molecule has 0 atom stereocenters. The summed E-state index contributed by atoms with van der Waals surface area (Å²) >= 11 is 1.46. The number of pyridine rings is 1. The zero-order valence-corrected chi connectivity index (χ0v) is 13.1. The average molecular weight is 305 g/mol. The van der Waals surface area contributed by atoms with Crippen molar-refractivity contribution in [3.8, 4) is 0 Å². The van der Waals surface area contributed by atoms with Gasteiger partial charge in [-0.25, -0.2) is 9.97 Å². The van der Waals surface area contributed by atoms with E-state index in [1.165, 1.54) is 11.5 Å². The summed E-state index contributed by atoms with van der Waals surface area (Å²) in [6.07, 6.45) is 2.60. The van der Waals surface area contributed by atoms with Gasteiger partial charge in [0.1, 0.15) is 11.6 Å². The molecule has 1 fully saturated rings. The van der Waals surface area contributed by atoms with Gasteiger partial charge in [-0.2, -0.15) is 4.37 Å². The van der Waals surface area contributed by atoms with Crippen LogP contribution in [0.3, 0.4) is 0 Å². The number of hydrogen-bond acceptors (Lipinski definition) is 7. The lowest BCUT2D eigenvalue weighted by atomic mass is 10.1. The van der Waals surface area contributed by atoms with Crippen LogP contribution in [0, 0.1) is 0 Å². The van der Waals surface area contributed by atoms with Gasteiger partial charge < -0.3 is 14.5 Å². The zero-order valence-electron chi connectivity index (χ0n) is 12.3. The minimum absolute atomic E-state index is 0.468. The van der Waals surface area contributed by atoms with Gasteiger partial charge in [-0.15, -0.1) is 0 Å². The van der Waals surface area contributed by atoms with Crippen molar-refractivity contribution in [1.82, 2.24) is 14.3 Å². The molecule has 1 aliphatic rings. The standard InChI is InChI=1S/C14H19N5OS/c1-18(14-16-12(17-21-14)6-8-20-2)11-9-19(10-11)13-5-3-4-7-15-13/h3-5,7,11H,6,8-10H2,1-2H3. The predicted octanol–water partition coefficient (Wildman–Crippen LogP) is 1.45. The number of ether oxygens (including phenoxy) is 1.